The van der Waals surface area contributed by atoms with Gasteiger partial charge < -0.3 is 25.8 Å². The van der Waals surface area contributed by atoms with E-state index in [0.717, 1.165) is 51.4 Å². The Morgan fingerprint density at radius 2 is 1.16 bits per heavy atom. The average molecular weight is 582 g/mol. The number of hydrogen-bond donors (Lipinski definition) is 4. The van der Waals surface area contributed by atoms with Crippen LogP contribution in [0.1, 0.15) is 98.3 Å². The molecule has 0 aliphatic rings. The maximum absolute atomic E-state index is 12.2. The van der Waals surface area contributed by atoms with E-state index in [1.165, 1.54) is 0 Å². The van der Waals surface area contributed by atoms with Gasteiger partial charge in [-0.25, -0.2) is 0 Å². The van der Waals surface area contributed by atoms with Gasteiger partial charge in [-0.15, -0.1) is 0 Å². The minimum atomic E-state index is -4.76. The van der Waals surface area contributed by atoms with Gasteiger partial charge in [0.25, 0.3) is 10.1 Å². The topological polar surface area (TPSA) is 217 Å². The van der Waals surface area contributed by atoms with E-state index >= 15 is 0 Å². The number of esters is 2. The summed E-state index contributed by atoms with van der Waals surface area (Å²) in [5.74, 6) is -3.76. The van der Waals surface area contributed by atoms with Gasteiger partial charge in [-0.1, -0.05) is 66.2 Å². The van der Waals surface area contributed by atoms with Crippen LogP contribution in [0.5, 0.6) is 0 Å². The first kappa shape index (κ1) is 43.8. The quantitative estimate of drug-likeness (QED) is 0.0977. The Morgan fingerprint density at radius 3 is 1.47 bits per heavy atom. The molecule has 0 saturated carbocycles. The van der Waals surface area contributed by atoms with E-state index in [1.807, 2.05) is 13.8 Å². The monoisotopic (exact) mass is 581 g/mol. The van der Waals surface area contributed by atoms with Crippen LogP contribution >= 0.6 is 0 Å². The summed E-state index contributed by atoms with van der Waals surface area (Å²) < 4.78 is 42.8. The number of carbonyl (C=O) groups is 4. The van der Waals surface area contributed by atoms with Crippen molar-refractivity contribution < 1.29 is 51.8 Å². The van der Waals surface area contributed by atoms with Gasteiger partial charge in [-0.05, 0) is 24.7 Å². The van der Waals surface area contributed by atoms with Crippen molar-refractivity contribution in [2.75, 3.05) is 13.2 Å². The van der Waals surface area contributed by atoms with Crippen LogP contribution in [-0.2, 0) is 38.8 Å². The number of hydrogen-bond acceptors (Lipinski definition) is 9. The summed E-state index contributed by atoms with van der Waals surface area (Å²) in [5, 5.41) is 13.9. The zero-order valence-corrected chi connectivity index (χ0v) is 23.5. The van der Waals surface area contributed by atoms with E-state index in [9.17, 15) is 32.1 Å². The van der Waals surface area contributed by atoms with Gasteiger partial charge in [0.05, 0.1) is 32.5 Å². The van der Waals surface area contributed by atoms with Crippen LogP contribution in [0.4, 0.5) is 0 Å². The van der Waals surface area contributed by atoms with E-state index in [4.69, 9.17) is 19.7 Å². The predicted molar refractivity (Wildman–Crippen MR) is 145 cm³/mol. The summed E-state index contributed by atoms with van der Waals surface area (Å²) in [7, 11) is -4.76. The molecule has 0 aromatic carbocycles. The number of carboxylic acid groups (broad SMARTS) is 2. The Balaban J connectivity index is -0.000000499. The van der Waals surface area contributed by atoms with Crippen molar-refractivity contribution in [1.29, 1.82) is 0 Å². The van der Waals surface area contributed by atoms with Crippen molar-refractivity contribution in [2.24, 2.45) is 11.8 Å². The van der Waals surface area contributed by atoms with Crippen LogP contribution in [0.2, 0.25) is 0 Å². The second kappa shape index (κ2) is 26.0. The van der Waals surface area contributed by atoms with Gasteiger partial charge in [0.15, 0.2) is 5.25 Å². The zero-order valence-electron chi connectivity index (χ0n) is 22.6. The molecule has 0 rings (SSSR count). The van der Waals surface area contributed by atoms with Crippen LogP contribution in [0.15, 0.2) is 0 Å². The molecule has 0 radical (unpaired) electrons. The molecule has 14 heteroatoms. The molecule has 222 valence electrons. The minimum absolute atomic E-state index is 0. The molecule has 0 aliphatic heterocycles. The third-order valence-corrected chi connectivity index (χ3v) is 6.63. The Bertz CT molecular complexity index is 748. The van der Waals surface area contributed by atoms with Gasteiger partial charge in [-0.2, -0.15) is 8.42 Å². The molecule has 3 atom stereocenters. The molecule has 3 unspecified atom stereocenters. The summed E-state index contributed by atoms with van der Waals surface area (Å²) in [6, 6.07) is 0. The van der Waals surface area contributed by atoms with Crippen molar-refractivity contribution in [1.82, 2.24) is 6.15 Å². The SMILES string of the molecule is CCCCC(CC)COC(=O)CC(C(=O)OCC(CC)CCCC)S(=O)(=O)O.N.O=C(O)CCC(=O)O.[NaH]. The second-order valence-corrected chi connectivity index (χ2v) is 10.2. The molecule has 0 spiro atoms. The molecule has 0 amide bonds. The molecule has 6 N–H and O–H groups in total. The van der Waals surface area contributed by atoms with Crippen LogP contribution in [0, 0.1) is 11.8 Å². The molecule has 0 aromatic rings. The van der Waals surface area contributed by atoms with Crippen LogP contribution < -0.4 is 6.15 Å². The average Bonchev–Trinajstić information content (AvgIpc) is 2.81. The fourth-order valence-corrected chi connectivity index (χ4v) is 3.69. The number of ether oxygens (including phenoxy) is 2. The van der Waals surface area contributed by atoms with E-state index in [2.05, 4.69) is 13.8 Å². The standard InChI is InChI=1S/C20H38O7S.C4H6O4.H3N.Na.H/c1-5-9-11-16(7-3)14-26-19(21)13-18(28(23,24)25)20(22)27-15-17(8-4)12-10-6-2;5-3(6)1-2-4(7)8;;;/h16-18H,5-15H2,1-4H3,(H,23,24,25);1-2H2,(H,5,6)(H,7,8);1H3;;. The van der Waals surface area contributed by atoms with Gasteiger partial charge in [0, 0.05) is 0 Å². The van der Waals surface area contributed by atoms with Crippen molar-refractivity contribution >= 4 is 63.6 Å². The third-order valence-electron chi connectivity index (χ3n) is 5.56. The Hall–Kier alpha value is -1.25. The van der Waals surface area contributed by atoms with Crippen molar-refractivity contribution in [3.05, 3.63) is 0 Å². The summed E-state index contributed by atoms with van der Waals surface area (Å²) >= 11 is 0. The summed E-state index contributed by atoms with van der Waals surface area (Å²) in [6.07, 6.45) is 6.15. The van der Waals surface area contributed by atoms with Crippen LogP contribution in [-0.4, -0.2) is 95.1 Å². The Kier molecular flexibility index (Phi) is 30.0. The third kappa shape index (κ3) is 25.1. The van der Waals surface area contributed by atoms with E-state index < -0.39 is 45.7 Å². The molecule has 0 heterocycles. The molecule has 0 aromatic heterocycles. The van der Waals surface area contributed by atoms with Gasteiger partial charge in [-0.3, -0.25) is 23.7 Å². The molecule has 0 bridgehead atoms. The number of rotatable bonds is 19. The molecule has 0 fully saturated rings. The fourth-order valence-electron chi connectivity index (χ4n) is 3.03. The molecular weight excluding hydrogens is 533 g/mol. The first-order valence-corrected chi connectivity index (χ1v) is 14.0. The van der Waals surface area contributed by atoms with Crippen molar-refractivity contribution in [2.45, 2.75) is 104 Å². The van der Waals surface area contributed by atoms with Gasteiger partial charge >= 0.3 is 53.4 Å². The van der Waals surface area contributed by atoms with E-state index in [-0.39, 0.29) is 73.6 Å². The first-order chi connectivity index (χ1) is 16.8. The maximum atomic E-state index is 12.2. The Morgan fingerprint density at radius 1 is 0.763 bits per heavy atom. The number of carboxylic acids is 2. The predicted octanol–water partition coefficient (Wildman–Crippen LogP) is 3.60. The van der Waals surface area contributed by atoms with Crippen LogP contribution in [0.3, 0.4) is 0 Å². The molecule has 0 saturated heterocycles. The Labute approximate surface area is 249 Å². The van der Waals surface area contributed by atoms with Crippen LogP contribution in [0.25, 0.3) is 0 Å². The summed E-state index contributed by atoms with van der Waals surface area (Å²) in [6.45, 7) is 8.35. The molecule has 38 heavy (non-hydrogen) atoms. The fraction of sp³-hybridized carbons (Fsp3) is 0.833. The zero-order chi connectivity index (χ0) is 28.1. The molecule has 0 aliphatic carbocycles. The van der Waals surface area contributed by atoms with Crippen molar-refractivity contribution in [3.63, 3.8) is 0 Å². The van der Waals surface area contributed by atoms with Crippen molar-refractivity contribution in [3.8, 4) is 0 Å². The number of unbranched alkanes of at least 4 members (excludes halogenated alkanes) is 2. The van der Waals surface area contributed by atoms with E-state index in [0.29, 0.717) is 0 Å². The molecular formula is C24H48NNaO11S. The van der Waals surface area contributed by atoms with E-state index in [1.54, 1.807) is 0 Å². The van der Waals surface area contributed by atoms with Gasteiger partial charge in [0.2, 0.25) is 0 Å². The summed E-state index contributed by atoms with van der Waals surface area (Å²) in [4.78, 5) is 43.5. The number of carbonyl (C=O) groups excluding carboxylic acids is 2. The molecule has 12 nitrogen and oxygen atoms in total. The van der Waals surface area contributed by atoms with Gasteiger partial charge in [0.1, 0.15) is 0 Å². The second-order valence-electron chi connectivity index (χ2n) is 8.64. The first-order valence-electron chi connectivity index (χ1n) is 12.5. The normalized spacial score (nSPS) is 12.8. The number of aliphatic carboxylic acids is 2. The summed E-state index contributed by atoms with van der Waals surface area (Å²) in [5.41, 5.74) is 0.